The highest BCUT2D eigenvalue weighted by molar-refractivity contribution is 7.90. The van der Waals surface area contributed by atoms with Crippen LogP contribution in [0.25, 0.3) is 0 Å². The molecule has 0 bridgehead atoms. The Morgan fingerprint density at radius 3 is 2.29 bits per heavy atom. The standard InChI is InChI=1S/C16H17NO3S/c1-12-7-9-13(10-8-12)11-17-16(18)14-5-3-4-6-15(14)21(2,19)20/h3-10H,11H2,1-2H3,(H,17,18). The average Bonchev–Trinajstić information content (AvgIpc) is 2.45. The zero-order valence-electron chi connectivity index (χ0n) is 12.0. The molecular weight excluding hydrogens is 286 g/mol. The first kappa shape index (κ1) is 15.3. The summed E-state index contributed by atoms with van der Waals surface area (Å²) in [6, 6.07) is 14.0. The molecule has 0 aliphatic rings. The third-order valence-electron chi connectivity index (χ3n) is 3.10. The van der Waals surface area contributed by atoms with Gasteiger partial charge in [-0.1, -0.05) is 42.0 Å². The monoisotopic (exact) mass is 303 g/mol. The van der Waals surface area contributed by atoms with Crippen LogP contribution in [-0.4, -0.2) is 20.6 Å². The van der Waals surface area contributed by atoms with Crippen molar-refractivity contribution in [3.63, 3.8) is 0 Å². The number of hydrogen-bond donors (Lipinski definition) is 1. The van der Waals surface area contributed by atoms with Gasteiger partial charge in [0.2, 0.25) is 0 Å². The average molecular weight is 303 g/mol. The number of nitrogens with one attached hydrogen (secondary N) is 1. The molecule has 0 radical (unpaired) electrons. The van der Waals surface area contributed by atoms with Gasteiger partial charge in [0.1, 0.15) is 0 Å². The highest BCUT2D eigenvalue weighted by Crippen LogP contribution is 2.15. The van der Waals surface area contributed by atoms with Crippen molar-refractivity contribution in [1.82, 2.24) is 5.32 Å². The molecule has 0 aliphatic carbocycles. The van der Waals surface area contributed by atoms with Crippen LogP contribution >= 0.6 is 0 Å². The van der Waals surface area contributed by atoms with E-state index >= 15 is 0 Å². The molecular formula is C16H17NO3S. The fourth-order valence-electron chi connectivity index (χ4n) is 1.96. The van der Waals surface area contributed by atoms with Gasteiger partial charge in [-0.15, -0.1) is 0 Å². The van der Waals surface area contributed by atoms with Gasteiger partial charge in [-0.25, -0.2) is 8.42 Å². The highest BCUT2D eigenvalue weighted by Gasteiger charge is 2.17. The third-order valence-corrected chi connectivity index (χ3v) is 4.26. The molecule has 0 unspecified atom stereocenters. The molecule has 5 heteroatoms. The van der Waals surface area contributed by atoms with Crippen molar-refractivity contribution in [3.8, 4) is 0 Å². The van der Waals surface area contributed by atoms with Crippen LogP contribution in [0.5, 0.6) is 0 Å². The molecule has 2 aromatic carbocycles. The Kier molecular flexibility index (Phi) is 4.43. The largest absolute Gasteiger partial charge is 0.348 e. The fraction of sp³-hybridized carbons (Fsp3) is 0.188. The second kappa shape index (κ2) is 6.10. The molecule has 21 heavy (non-hydrogen) atoms. The molecule has 0 fully saturated rings. The van der Waals surface area contributed by atoms with E-state index in [-0.39, 0.29) is 10.5 Å². The maximum absolute atomic E-state index is 12.2. The number of sulfone groups is 1. The molecule has 2 rings (SSSR count). The van der Waals surface area contributed by atoms with Crippen molar-refractivity contribution in [2.45, 2.75) is 18.4 Å². The number of benzene rings is 2. The fourth-order valence-corrected chi connectivity index (χ4v) is 2.85. The van der Waals surface area contributed by atoms with Gasteiger partial charge < -0.3 is 5.32 Å². The van der Waals surface area contributed by atoms with Crippen molar-refractivity contribution >= 4 is 15.7 Å². The van der Waals surface area contributed by atoms with Gasteiger partial charge in [0.25, 0.3) is 5.91 Å². The Bertz CT molecular complexity index is 749. The van der Waals surface area contributed by atoms with Gasteiger partial charge in [-0.3, -0.25) is 4.79 Å². The van der Waals surface area contributed by atoms with Gasteiger partial charge in [0.15, 0.2) is 9.84 Å². The van der Waals surface area contributed by atoms with Crippen LogP contribution in [0.4, 0.5) is 0 Å². The van der Waals surface area contributed by atoms with E-state index in [1.165, 1.54) is 12.1 Å². The summed E-state index contributed by atoms with van der Waals surface area (Å²) in [7, 11) is -3.43. The quantitative estimate of drug-likeness (QED) is 0.943. The summed E-state index contributed by atoms with van der Waals surface area (Å²) in [4.78, 5) is 12.2. The lowest BCUT2D eigenvalue weighted by Crippen LogP contribution is -2.24. The molecule has 0 heterocycles. The summed E-state index contributed by atoms with van der Waals surface area (Å²) >= 11 is 0. The molecule has 4 nitrogen and oxygen atoms in total. The van der Waals surface area contributed by atoms with E-state index < -0.39 is 15.7 Å². The minimum absolute atomic E-state index is 0.0476. The van der Waals surface area contributed by atoms with Crippen molar-refractivity contribution in [3.05, 3.63) is 65.2 Å². The van der Waals surface area contributed by atoms with E-state index in [4.69, 9.17) is 0 Å². The Balaban J connectivity index is 2.16. The van der Waals surface area contributed by atoms with Crippen molar-refractivity contribution in [2.75, 3.05) is 6.26 Å². The second-order valence-electron chi connectivity index (χ2n) is 4.94. The first-order chi connectivity index (χ1) is 9.88. The zero-order valence-corrected chi connectivity index (χ0v) is 12.8. The van der Waals surface area contributed by atoms with Crippen LogP contribution in [0.15, 0.2) is 53.4 Å². The molecule has 0 aliphatic heterocycles. The Morgan fingerprint density at radius 1 is 1.05 bits per heavy atom. The van der Waals surface area contributed by atoms with Crippen molar-refractivity contribution in [2.24, 2.45) is 0 Å². The van der Waals surface area contributed by atoms with Gasteiger partial charge in [-0.05, 0) is 24.6 Å². The Hall–Kier alpha value is -2.14. The number of carbonyl (C=O) groups excluding carboxylic acids is 1. The van der Waals surface area contributed by atoms with E-state index in [0.717, 1.165) is 17.4 Å². The van der Waals surface area contributed by atoms with E-state index in [1.54, 1.807) is 12.1 Å². The first-order valence-corrected chi connectivity index (χ1v) is 8.40. The van der Waals surface area contributed by atoms with E-state index in [9.17, 15) is 13.2 Å². The smallest absolute Gasteiger partial charge is 0.252 e. The predicted molar refractivity (Wildman–Crippen MR) is 81.9 cm³/mol. The lowest BCUT2D eigenvalue weighted by molar-refractivity contribution is 0.0947. The molecule has 0 aromatic heterocycles. The number of carbonyl (C=O) groups is 1. The number of aryl methyl sites for hydroxylation is 1. The van der Waals surface area contributed by atoms with Gasteiger partial charge in [-0.2, -0.15) is 0 Å². The van der Waals surface area contributed by atoms with Crippen LogP contribution in [-0.2, 0) is 16.4 Å². The Morgan fingerprint density at radius 2 is 1.67 bits per heavy atom. The summed E-state index contributed by atoms with van der Waals surface area (Å²) < 4.78 is 23.4. The van der Waals surface area contributed by atoms with E-state index in [0.29, 0.717) is 6.54 Å². The van der Waals surface area contributed by atoms with Crippen molar-refractivity contribution in [1.29, 1.82) is 0 Å². The van der Waals surface area contributed by atoms with Crippen LogP contribution in [0, 0.1) is 6.92 Å². The highest BCUT2D eigenvalue weighted by atomic mass is 32.2. The predicted octanol–water partition coefficient (Wildman–Crippen LogP) is 2.33. The molecule has 1 amide bonds. The molecule has 2 aromatic rings. The lowest BCUT2D eigenvalue weighted by atomic mass is 10.1. The summed E-state index contributed by atoms with van der Waals surface area (Å²) in [6.07, 6.45) is 1.10. The van der Waals surface area contributed by atoms with Crippen molar-refractivity contribution < 1.29 is 13.2 Å². The number of hydrogen-bond acceptors (Lipinski definition) is 3. The normalized spacial score (nSPS) is 11.1. The molecule has 1 N–H and O–H groups in total. The molecule has 0 saturated carbocycles. The minimum atomic E-state index is -3.43. The maximum Gasteiger partial charge on any atom is 0.252 e. The zero-order chi connectivity index (χ0) is 15.5. The van der Waals surface area contributed by atoms with E-state index in [1.807, 2.05) is 31.2 Å². The number of rotatable bonds is 4. The first-order valence-electron chi connectivity index (χ1n) is 6.51. The summed E-state index contributed by atoms with van der Waals surface area (Å²) in [6.45, 7) is 2.35. The van der Waals surface area contributed by atoms with Gasteiger partial charge >= 0.3 is 0 Å². The van der Waals surface area contributed by atoms with Crippen LogP contribution in [0.3, 0.4) is 0 Å². The van der Waals surface area contributed by atoms with Crippen LogP contribution in [0.2, 0.25) is 0 Å². The van der Waals surface area contributed by atoms with E-state index in [2.05, 4.69) is 5.32 Å². The Labute approximate surface area is 124 Å². The summed E-state index contributed by atoms with van der Waals surface area (Å²) in [5.74, 6) is -0.392. The number of amides is 1. The minimum Gasteiger partial charge on any atom is -0.348 e. The van der Waals surface area contributed by atoms with Crippen LogP contribution < -0.4 is 5.32 Å². The topological polar surface area (TPSA) is 63.2 Å². The summed E-state index contributed by atoms with van der Waals surface area (Å²) in [5, 5.41) is 2.74. The van der Waals surface area contributed by atoms with Gasteiger partial charge in [0, 0.05) is 12.8 Å². The molecule has 0 spiro atoms. The molecule has 0 saturated heterocycles. The molecule has 110 valence electrons. The van der Waals surface area contributed by atoms with Crippen LogP contribution in [0.1, 0.15) is 21.5 Å². The second-order valence-corrected chi connectivity index (χ2v) is 6.92. The lowest BCUT2D eigenvalue weighted by Gasteiger charge is -2.09. The third kappa shape index (κ3) is 3.92. The van der Waals surface area contributed by atoms with Gasteiger partial charge in [0.05, 0.1) is 10.5 Å². The summed E-state index contributed by atoms with van der Waals surface area (Å²) in [5.41, 5.74) is 2.28. The maximum atomic E-state index is 12.2. The SMILES string of the molecule is Cc1ccc(CNC(=O)c2ccccc2S(C)(=O)=O)cc1. The molecule has 0 atom stereocenters.